The first-order chi connectivity index (χ1) is 11.6. The molecule has 0 N–H and O–H groups in total. The van der Waals surface area contributed by atoms with Crippen molar-refractivity contribution in [2.75, 3.05) is 20.2 Å². The molecule has 0 radical (unpaired) electrons. The maximum Gasteiger partial charge on any atom is 0.115 e. The summed E-state index contributed by atoms with van der Waals surface area (Å²) in [6.45, 7) is 4.12. The number of hydrogen-bond donors (Lipinski definition) is 0. The van der Waals surface area contributed by atoms with Crippen LogP contribution in [0.4, 0.5) is 0 Å². The molecule has 2 nitrogen and oxygen atoms in total. The van der Waals surface area contributed by atoms with E-state index >= 15 is 0 Å². The molecule has 2 unspecified atom stereocenters. The van der Waals surface area contributed by atoms with Crippen molar-refractivity contribution in [3.05, 3.63) is 70.7 Å². The van der Waals surface area contributed by atoms with E-state index in [1.807, 2.05) is 18.2 Å². The van der Waals surface area contributed by atoms with Crippen LogP contribution in [0, 0.1) is 0 Å². The molecule has 3 rings (SSSR count). The number of benzene rings is 2. The summed E-state index contributed by atoms with van der Waals surface area (Å²) in [5.41, 5.74) is 1.85. The molecule has 0 spiro atoms. The van der Waals surface area contributed by atoms with Crippen LogP contribution in [-0.2, 0) is 10.3 Å². The summed E-state index contributed by atoms with van der Waals surface area (Å²) in [5, 5.41) is 0.752. The molecule has 1 saturated heterocycles. The Kier molecular flexibility index (Phi) is 5.60. The number of hydrogen-bond acceptors (Lipinski definition) is 2. The zero-order valence-electron chi connectivity index (χ0n) is 14.5. The second-order valence-electron chi connectivity index (χ2n) is 6.82. The van der Waals surface area contributed by atoms with Gasteiger partial charge in [-0.15, -0.1) is 0 Å². The third-order valence-corrected chi connectivity index (χ3v) is 5.49. The Morgan fingerprint density at radius 1 is 1.08 bits per heavy atom. The lowest BCUT2D eigenvalue weighted by molar-refractivity contribution is -0.0117. The number of ether oxygens (including phenoxy) is 1. The summed E-state index contributed by atoms with van der Waals surface area (Å²) in [6, 6.07) is 19.1. The van der Waals surface area contributed by atoms with Gasteiger partial charge < -0.3 is 9.64 Å². The Bertz CT molecular complexity index is 643. The van der Waals surface area contributed by atoms with Crippen LogP contribution in [0.5, 0.6) is 0 Å². The highest BCUT2D eigenvalue weighted by Crippen LogP contribution is 2.34. The molecule has 0 amide bonds. The largest absolute Gasteiger partial charge is 0.366 e. The van der Waals surface area contributed by atoms with Gasteiger partial charge in [0.25, 0.3) is 0 Å². The van der Waals surface area contributed by atoms with E-state index in [9.17, 15) is 0 Å². The van der Waals surface area contributed by atoms with Gasteiger partial charge in [-0.3, -0.25) is 0 Å². The highest BCUT2D eigenvalue weighted by Gasteiger charge is 2.30. The summed E-state index contributed by atoms with van der Waals surface area (Å²) in [4.78, 5) is 2.45. The second kappa shape index (κ2) is 7.69. The predicted octanol–water partition coefficient (Wildman–Crippen LogP) is 5.10. The minimum absolute atomic E-state index is 0.455. The molecule has 0 aromatic heterocycles. The van der Waals surface area contributed by atoms with E-state index in [1.165, 1.54) is 24.9 Å². The van der Waals surface area contributed by atoms with E-state index in [1.54, 1.807) is 0 Å². The zero-order chi connectivity index (χ0) is 17.0. The number of rotatable bonds is 6. The molecular formula is C21H26ClNO. The Balaban J connectivity index is 1.78. The maximum atomic E-state index is 6.48. The zero-order valence-corrected chi connectivity index (χ0v) is 15.3. The van der Waals surface area contributed by atoms with Crippen molar-refractivity contribution in [2.24, 2.45) is 0 Å². The van der Waals surface area contributed by atoms with Crippen molar-refractivity contribution >= 4 is 11.6 Å². The molecule has 1 heterocycles. The van der Waals surface area contributed by atoms with Crippen LogP contribution in [0.25, 0.3) is 0 Å². The molecule has 1 aliphatic heterocycles. The van der Waals surface area contributed by atoms with Gasteiger partial charge in [0.05, 0.1) is 0 Å². The van der Waals surface area contributed by atoms with Gasteiger partial charge >= 0.3 is 0 Å². The van der Waals surface area contributed by atoms with E-state index in [2.05, 4.69) is 55.3 Å². The lowest BCUT2D eigenvalue weighted by Gasteiger charge is -2.32. The van der Waals surface area contributed by atoms with Crippen LogP contribution in [0.15, 0.2) is 54.6 Å². The molecule has 24 heavy (non-hydrogen) atoms. The van der Waals surface area contributed by atoms with Gasteiger partial charge in [-0.25, -0.2) is 0 Å². The van der Waals surface area contributed by atoms with Gasteiger partial charge in [0.2, 0.25) is 0 Å². The van der Waals surface area contributed by atoms with Crippen LogP contribution in [0.3, 0.4) is 0 Å². The fraction of sp³-hybridized carbons (Fsp3) is 0.429. The fourth-order valence-corrected chi connectivity index (χ4v) is 3.73. The molecule has 0 bridgehead atoms. The van der Waals surface area contributed by atoms with Crippen LogP contribution in [-0.4, -0.2) is 31.1 Å². The number of halogens is 1. The van der Waals surface area contributed by atoms with E-state index in [-0.39, 0.29) is 0 Å². The van der Waals surface area contributed by atoms with Crippen molar-refractivity contribution in [1.82, 2.24) is 4.90 Å². The van der Waals surface area contributed by atoms with Gasteiger partial charge in [0.15, 0.2) is 0 Å². The fourth-order valence-electron chi connectivity index (χ4n) is 3.60. The smallest absolute Gasteiger partial charge is 0.115 e. The third-order valence-electron chi connectivity index (χ3n) is 5.23. The molecule has 2 atom stereocenters. The molecule has 128 valence electrons. The first-order valence-corrected chi connectivity index (χ1v) is 9.13. The summed E-state index contributed by atoms with van der Waals surface area (Å²) in [7, 11) is 2.22. The van der Waals surface area contributed by atoms with Gasteiger partial charge in [-0.2, -0.15) is 0 Å². The van der Waals surface area contributed by atoms with Crippen LogP contribution in [0.2, 0.25) is 5.02 Å². The second-order valence-corrected chi connectivity index (χ2v) is 7.26. The van der Waals surface area contributed by atoms with E-state index in [0.29, 0.717) is 6.04 Å². The summed E-state index contributed by atoms with van der Waals surface area (Å²) >= 11 is 6.07. The van der Waals surface area contributed by atoms with Crippen LogP contribution >= 0.6 is 11.6 Å². The predicted molar refractivity (Wildman–Crippen MR) is 101 cm³/mol. The SMILES string of the molecule is CN1CCCC1CCOC(C)(c1ccccc1)c1ccc(Cl)cc1. The highest BCUT2D eigenvalue weighted by atomic mass is 35.5. The maximum absolute atomic E-state index is 6.48. The Hall–Kier alpha value is -1.35. The van der Waals surface area contributed by atoms with Gasteiger partial charge in [0, 0.05) is 17.7 Å². The van der Waals surface area contributed by atoms with E-state index in [4.69, 9.17) is 16.3 Å². The molecule has 1 fully saturated rings. The normalized spacial score (nSPS) is 20.9. The molecule has 3 heteroatoms. The standard InChI is InChI=1S/C21H26ClNO/c1-21(17-7-4-3-5-8-17,18-10-12-19(22)13-11-18)24-16-14-20-9-6-15-23(20)2/h3-5,7-8,10-13,20H,6,9,14-16H2,1-2H3. The van der Waals surface area contributed by atoms with Crippen molar-refractivity contribution in [3.8, 4) is 0 Å². The first kappa shape index (κ1) is 17.5. The topological polar surface area (TPSA) is 12.5 Å². The minimum atomic E-state index is -0.455. The summed E-state index contributed by atoms with van der Waals surface area (Å²) < 4.78 is 6.48. The Labute approximate surface area is 150 Å². The number of likely N-dealkylation sites (tertiary alicyclic amines) is 1. The third kappa shape index (κ3) is 3.83. The van der Waals surface area contributed by atoms with Gasteiger partial charge in [-0.1, -0.05) is 54.1 Å². The van der Waals surface area contributed by atoms with Crippen molar-refractivity contribution in [3.63, 3.8) is 0 Å². The quantitative estimate of drug-likeness (QED) is 0.723. The molecule has 2 aromatic rings. The average Bonchev–Trinajstić information content (AvgIpc) is 3.01. The minimum Gasteiger partial charge on any atom is -0.366 e. The van der Waals surface area contributed by atoms with Crippen molar-refractivity contribution in [1.29, 1.82) is 0 Å². The highest BCUT2D eigenvalue weighted by molar-refractivity contribution is 6.30. The Morgan fingerprint density at radius 2 is 1.75 bits per heavy atom. The lowest BCUT2D eigenvalue weighted by Crippen LogP contribution is -2.31. The van der Waals surface area contributed by atoms with Crippen LogP contribution in [0.1, 0.15) is 37.3 Å². The summed E-state index contributed by atoms with van der Waals surface area (Å²) in [5.74, 6) is 0. The van der Waals surface area contributed by atoms with E-state index in [0.717, 1.165) is 23.6 Å². The molecule has 0 saturated carbocycles. The average molecular weight is 344 g/mol. The number of nitrogens with zero attached hydrogens (tertiary/aromatic N) is 1. The van der Waals surface area contributed by atoms with E-state index < -0.39 is 5.60 Å². The molecule has 2 aromatic carbocycles. The monoisotopic (exact) mass is 343 g/mol. The summed E-state index contributed by atoms with van der Waals surface area (Å²) in [6.07, 6.45) is 3.66. The molecule has 1 aliphatic rings. The lowest BCUT2D eigenvalue weighted by atomic mass is 9.88. The van der Waals surface area contributed by atoms with Crippen molar-refractivity contribution in [2.45, 2.75) is 37.8 Å². The molecule has 0 aliphatic carbocycles. The molecular weight excluding hydrogens is 318 g/mol. The first-order valence-electron chi connectivity index (χ1n) is 8.75. The van der Waals surface area contributed by atoms with Crippen molar-refractivity contribution < 1.29 is 4.74 Å². The van der Waals surface area contributed by atoms with Gasteiger partial charge in [0.1, 0.15) is 5.60 Å². The van der Waals surface area contributed by atoms with Gasteiger partial charge in [-0.05, 0) is 63.0 Å². The Morgan fingerprint density at radius 3 is 2.38 bits per heavy atom. The van der Waals surface area contributed by atoms with Crippen LogP contribution < -0.4 is 0 Å².